The first-order valence-electron chi connectivity index (χ1n) is 5.92. The quantitative estimate of drug-likeness (QED) is 0.782. The molecule has 0 saturated carbocycles. The molecule has 4 N–H and O–H groups in total. The number of rotatable bonds is 6. The molecule has 0 heterocycles. The summed E-state index contributed by atoms with van der Waals surface area (Å²) < 4.78 is 10.6. The molecule has 18 heavy (non-hydrogen) atoms. The maximum Gasteiger partial charge on any atom is 0.162 e. The molecule has 5 nitrogen and oxygen atoms in total. The number of hydrogen-bond acceptors (Lipinski definition) is 5. The lowest BCUT2D eigenvalue weighted by Crippen LogP contribution is -2.40. The van der Waals surface area contributed by atoms with Crippen molar-refractivity contribution in [3.63, 3.8) is 0 Å². The first-order valence-corrected chi connectivity index (χ1v) is 5.92. The number of hydrogen-bond donors (Lipinski definition) is 2. The highest BCUT2D eigenvalue weighted by Gasteiger charge is 2.13. The molecule has 102 valence electrons. The molecule has 0 aliphatic heterocycles. The molecule has 0 aliphatic carbocycles. The standard InChI is InChI=1S/C13H23N3O2/c1-9-5-12(17-3)13(18-4)6-11(9)16(2)8-10(15)7-14/h5-6,10H,7-8,14-15H2,1-4H3. The number of ether oxygens (including phenoxy) is 2. The third-order valence-electron chi connectivity index (χ3n) is 2.92. The maximum atomic E-state index is 5.87. The van der Waals surface area contributed by atoms with E-state index in [1.165, 1.54) is 0 Å². The van der Waals surface area contributed by atoms with Gasteiger partial charge < -0.3 is 25.8 Å². The fraction of sp³-hybridized carbons (Fsp3) is 0.538. The van der Waals surface area contributed by atoms with Gasteiger partial charge in [-0.1, -0.05) is 0 Å². The SMILES string of the molecule is COc1cc(C)c(N(C)CC(N)CN)cc1OC. The fourth-order valence-electron chi connectivity index (χ4n) is 1.91. The number of aryl methyl sites for hydroxylation is 1. The normalized spacial score (nSPS) is 12.1. The van der Waals surface area contributed by atoms with Crippen molar-refractivity contribution in [2.45, 2.75) is 13.0 Å². The summed E-state index contributed by atoms with van der Waals surface area (Å²) in [6.45, 7) is 3.20. The molecule has 1 atom stereocenters. The minimum atomic E-state index is -0.0394. The van der Waals surface area contributed by atoms with Crippen LogP contribution in [0.4, 0.5) is 5.69 Å². The van der Waals surface area contributed by atoms with Crippen LogP contribution in [0.15, 0.2) is 12.1 Å². The van der Waals surface area contributed by atoms with Gasteiger partial charge in [-0.25, -0.2) is 0 Å². The number of likely N-dealkylation sites (N-methyl/N-ethyl adjacent to an activating group) is 1. The minimum absolute atomic E-state index is 0.0394. The summed E-state index contributed by atoms with van der Waals surface area (Å²) in [6.07, 6.45) is 0. The van der Waals surface area contributed by atoms with Crippen LogP contribution in [0, 0.1) is 6.92 Å². The highest BCUT2D eigenvalue weighted by molar-refractivity contribution is 5.61. The van der Waals surface area contributed by atoms with Crippen molar-refractivity contribution in [1.82, 2.24) is 0 Å². The Bertz CT molecular complexity index is 396. The Morgan fingerprint density at radius 1 is 1.22 bits per heavy atom. The largest absolute Gasteiger partial charge is 0.493 e. The van der Waals surface area contributed by atoms with Crippen LogP contribution in [0.1, 0.15) is 5.56 Å². The van der Waals surface area contributed by atoms with Gasteiger partial charge in [0, 0.05) is 37.9 Å². The molecule has 0 aromatic heterocycles. The summed E-state index contributed by atoms with van der Waals surface area (Å²) in [4.78, 5) is 2.08. The van der Waals surface area contributed by atoms with Crippen LogP contribution >= 0.6 is 0 Å². The summed E-state index contributed by atoms with van der Waals surface area (Å²) >= 11 is 0. The van der Waals surface area contributed by atoms with E-state index in [1.807, 2.05) is 26.1 Å². The van der Waals surface area contributed by atoms with Crippen molar-refractivity contribution >= 4 is 5.69 Å². The van der Waals surface area contributed by atoms with E-state index in [4.69, 9.17) is 20.9 Å². The molecule has 0 radical (unpaired) electrons. The molecule has 0 spiro atoms. The summed E-state index contributed by atoms with van der Waals surface area (Å²) in [5, 5.41) is 0. The number of anilines is 1. The zero-order chi connectivity index (χ0) is 13.7. The van der Waals surface area contributed by atoms with Crippen molar-refractivity contribution < 1.29 is 9.47 Å². The Hall–Kier alpha value is -1.46. The Morgan fingerprint density at radius 3 is 2.28 bits per heavy atom. The Labute approximate surface area is 109 Å². The Kier molecular flexibility index (Phi) is 5.25. The van der Waals surface area contributed by atoms with Gasteiger partial charge >= 0.3 is 0 Å². The van der Waals surface area contributed by atoms with Gasteiger partial charge in [-0.2, -0.15) is 0 Å². The highest BCUT2D eigenvalue weighted by Crippen LogP contribution is 2.34. The van der Waals surface area contributed by atoms with Crippen molar-refractivity contribution in [2.24, 2.45) is 11.5 Å². The lowest BCUT2D eigenvalue weighted by molar-refractivity contribution is 0.354. The molecule has 1 aromatic rings. The van der Waals surface area contributed by atoms with Gasteiger partial charge in [0.05, 0.1) is 14.2 Å². The molecule has 1 aromatic carbocycles. The van der Waals surface area contributed by atoms with Crippen molar-refractivity contribution in [2.75, 3.05) is 39.3 Å². The summed E-state index contributed by atoms with van der Waals surface area (Å²) in [5.41, 5.74) is 13.6. The molecular weight excluding hydrogens is 230 g/mol. The second kappa shape index (κ2) is 6.47. The average molecular weight is 253 g/mol. The number of methoxy groups -OCH3 is 2. The average Bonchev–Trinajstić information content (AvgIpc) is 2.37. The van der Waals surface area contributed by atoms with Gasteiger partial charge in [-0.3, -0.25) is 0 Å². The minimum Gasteiger partial charge on any atom is -0.493 e. The predicted octanol–water partition coefficient (Wildman–Crippen LogP) is 0.734. The Balaban J connectivity index is 3.01. The zero-order valence-electron chi connectivity index (χ0n) is 11.6. The van der Waals surface area contributed by atoms with E-state index < -0.39 is 0 Å². The third-order valence-corrected chi connectivity index (χ3v) is 2.92. The third kappa shape index (κ3) is 3.27. The van der Waals surface area contributed by atoms with Gasteiger partial charge in [0.25, 0.3) is 0 Å². The van der Waals surface area contributed by atoms with Gasteiger partial charge in [0.2, 0.25) is 0 Å². The molecule has 0 fully saturated rings. The van der Waals surface area contributed by atoms with Crippen LogP contribution in [0.3, 0.4) is 0 Å². The van der Waals surface area contributed by atoms with E-state index >= 15 is 0 Å². The van der Waals surface area contributed by atoms with E-state index in [0.29, 0.717) is 18.8 Å². The molecule has 1 unspecified atom stereocenters. The van der Waals surface area contributed by atoms with Crippen LogP contribution in [0.2, 0.25) is 0 Å². The van der Waals surface area contributed by atoms with Gasteiger partial charge in [-0.15, -0.1) is 0 Å². The van der Waals surface area contributed by atoms with Crippen LogP contribution in [0.5, 0.6) is 11.5 Å². The highest BCUT2D eigenvalue weighted by atomic mass is 16.5. The lowest BCUT2D eigenvalue weighted by atomic mass is 10.1. The monoisotopic (exact) mass is 253 g/mol. The van der Waals surface area contributed by atoms with E-state index in [9.17, 15) is 0 Å². The van der Waals surface area contributed by atoms with Crippen molar-refractivity contribution in [1.29, 1.82) is 0 Å². The van der Waals surface area contributed by atoms with Gasteiger partial charge in [-0.05, 0) is 18.6 Å². The molecule has 0 aliphatic rings. The van der Waals surface area contributed by atoms with Crippen LogP contribution in [0.25, 0.3) is 0 Å². The fourth-order valence-corrected chi connectivity index (χ4v) is 1.91. The smallest absolute Gasteiger partial charge is 0.162 e. The summed E-state index contributed by atoms with van der Waals surface area (Å²) in [7, 11) is 5.25. The number of nitrogens with zero attached hydrogens (tertiary/aromatic N) is 1. The number of nitrogens with two attached hydrogens (primary N) is 2. The van der Waals surface area contributed by atoms with Crippen molar-refractivity contribution in [3.05, 3.63) is 17.7 Å². The maximum absolute atomic E-state index is 5.87. The number of benzene rings is 1. The van der Waals surface area contributed by atoms with Crippen LogP contribution in [-0.2, 0) is 0 Å². The van der Waals surface area contributed by atoms with E-state index in [-0.39, 0.29) is 6.04 Å². The predicted molar refractivity (Wildman–Crippen MR) is 74.6 cm³/mol. The molecule has 5 heteroatoms. The van der Waals surface area contributed by atoms with Gasteiger partial charge in [0.15, 0.2) is 11.5 Å². The lowest BCUT2D eigenvalue weighted by Gasteiger charge is -2.25. The summed E-state index contributed by atoms with van der Waals surface area (Å²) in [5.74, 6) is 1.45. The van der Waals surface area contributed by atoms with E-state index in [1.54, 1.807) is 14.2 Å². The van der Waals surface area contributed by atoms with Gasteiger partial charge in [0.1, 0.15) is 0 Å². The molecule has 1 rings (SSSR count). The van der Waals surface area contributed by atoms with E-state index in [0.717, 1.165) is 17.0 Å². The topological polar surface area (TPSA) is 73.7 Å². The van der Waals surface area contributed by atoms with Crippen LogP contribution in [-0.4, -0.2) is 40.4 Å². The molecular formula is C13H23N3O2. The molecule has 0 bridgehead atoms. The second-order valence-corrected chi connectivity index (χ2v) is 4.37. The second-order valence-electron chi connectivity index (χ2n) is 4.37. The molecule has 0 saturated heterocycles. The summed E-state index contributed by atoms with van der Waals surface area (Å²) in [6, 6.07) is 3.87. The van der Waals surface area contributed by atoms with Crippen molar-refractivity contribution in [3.8, 4) is 11.5 Å². The molecule has 0 amide bonds. The zero-order valence-corrected chi connectivity index (χ0v) is 11.6. The van der Waals surface area contributed by atoms with Crippen LogP contribution < -0.4 is 25.8 Å². The Morgan fingerprint density at radius 2 is 1.78 bits per heavy atom. The first-order chi connectivity index (χ1) is 8.53. The van der Waals surface area contributed by atoms with E-state index in [2.05, 4.69) is 4.90 Å². The first kappa shape index (κ1) is 14.6.